The molecule has 1 fully saturated rings. The Hall–Kier alpha value is -3.35. The number of likely N-dealkylation sites (tertiary alicyclic amines) is 1. The van der Waals surface area contributed by atoms with Crippen molar-refractivity contribution >= 4 is 11.9 Å². The van der Waals surface area contributed by atoms with E-state index in [1.165, 1.54) is 0 Å². The molecule has 1 aliphatic rings. The summed E-state index contributed by atoms with van der Waals surface area (Å²) in [6.45, 7) is 2.46. The lowest BCUT2D eigenvalue weighted by Crippen LogP contribution is -2.30. The second-order valence-electron chi connectivity index (χ2n) is 6.66. The van der Waals surface area contributed by atoms with Gasteiger partial charge in [0.1, 0.15) is 11.5 Å². The molecular formula is C20H19N3O4. The summed E-state index contributed by atoms with van der Waals surface area (Å²) in [5.41, 5.74) is 1.68. The molecule has 1 unspecified atom stereocenters. The smallest absolute Gasteiger partial charge is 0.308 e. The molecule has 138 valence electrons. The zero-order chi connectivity index (χ0) is 19.0. The largest absolute Gasteiger partial charge is 0.481 e. The fraction of sp³-hybridized carbons (Fsp3) is 0.250. The van der Waals surface area contributed by atoms with Crippen molar-refractivity contribution in [3.8, 4) is 17.1 Å². The molecular weight excluding hydrogens is 346 g/mol. The van der Waals surface area contributed by atoms with Crippen molar-refractivity contribution in [3.05, 3.63) is 60.0 Å². The fourth-order valence-electron chi connectivity index (χ4n) is 3.30. The van der Waals surface area contributed by atoms with Crippen LogP contribution in [0.25, 0.3) is 17.1 Å². The summed E-state index contributed by atoms with van der Waals surface area (Å²) in [6, 6.07) is 13.1. The number of carbonyl (C=O) groups excluding carboxylic acids is 1. The Balaban J connectivity index is 1.73. The molecule has 1 aliphatic heterocycles. The van der Waals surface area contributed by atoms with E-state index >= 15 is 0 Å². The van der Waals surface area contributed by atoms with Gasteiger partial charge in [0.15, 0.2) is 5.76 Å². The van der Waals surface area contributed by atoms with E-state index in [0.717, 1.165) is 11.4 Å². The number of nitrogens with zero attached hydrogens (tertiary/aromatic N) is 3. The maximum absolute atomic E-state index is 13.1. The van der Waals surface area contributed by atoms with Crippen LogP contribution < -0.4 is 0 Å². The maximum atomic E-state index is 13.1. The van der Waals surface area contributed by atoms with Crippen LogP contribution in [0.15, 0.2) is 53.1 Å². The van der Waals surface area contributed by atoms with Gasteiger partial charge in [0.05, 0.1) is 17.2 Å². The quantitative estimate of drug-likeness (QED) is 0.768. The normalized spacial score (nSPS) is 16.6. The van der Waals surface area contributed by atoms with E-state index in [0.29, 0.717) is 30.0 Å². The van der Waals surface area contributed by atoms with E-state index in [-0.39, 0.29) is 12.5 Å². The summed E-state index contributed by atoms with van der Waals surface area (Å²) in [4.78, 5) is 25.9. The molecule has 0 saturated carbocycles. The molecule has 1 N–H and O–H groups in total. The summed E-state index contributed by atoms with van der Waals surface area (Å²) < 4.78 is 7.33. The van der Waals surface area contributed by atoms with Crippen molar-refractivity contribution in [2.45, 2.75) is 13.3 Å². The number of para-hydroxylation sites is 1. The Labute approximate surface area is 155 Å². The number of benzene rings is 1. The molecule has 3 heterocycles. The van der Waals surface area contributed by atoms with Crippen molar-refractivity contribution in [1.29, 1.82) is 0 Å². The number of carbonyl (C=O) groups is 2. The van der Waals surface area contributed by atoms with E-state index in [4.69, 9.17) is 4.42 Å². The van der Waals surface area contributed by atoms with Crippen molar-refractivity contribution in [2.75, 3.05) is 13.1 Å². The highest BCUT2D eigenvalue weighted by atomic mass is 16.4. The van der Waals surface area contributed by atoms with Crippen molar-refractivity contribution in [2.24, 2.45) is 5.92 Å². The standard InChI is InChI=1S/C20H19N3O4/c1-13-7-8-17(27-13)18-16(12-23(21-18)15-5-3-2-4-6-15)19(24)22-10-9-14(11-22)20(25)26/h2-8,12,14H,9-11H2,1H3,(H,25,26). The number of rotatable bonds is 4. The second-order valence-corrected chi connectivity index (χ2v) is 6.66. The second kappa shape index (κ2) is 6.75. The van der Waals surface area contributed by atoms with E-state index in [2.05, 4.69) is 5.10 Å². The molecule has 2 aromatic heterocycles. The van der Waals surface area contributed by atoms with E-state index < -0.39 is 11.9 Å². The third kappa shape index (κ3) is 3.23. The number of carboxylic acid groups (broad SMARTS) is 1. The summed E-state index contributed by atoms with van der Waals surface area (Å²) in [7, 11) is 0. The average Bonchev–Trinajstić information content (AvgIpc) is 3.40. The molecule has 27 heavy (non-hydrogen) atoms. The first-order chi connectivity index (χ1) is 13.0. The predicted octanol–water partition coefficient (Wildman–Crippen LogP) is 2.99. The average molecular weight is 365 g/mol. The molecule has 0 spiro atoms. The minimum Gasteiger partial charge on any atom is -0.481 e. The van der Waals surface area contributed by atoms with Crippen LogP contribution in [-0.2, 0) is 4.79 Å². The van der Waals surface area contributed by atoms with Gasteiger partial charge in [-0.15, -0.1) is 0 Å². The van der Waals surface area contributed by atoms with Gasteiger partial charge in [-0.2, -0.15) is 5.10 Å². The van der Waals surface area contributed by atoms with Gasteiger partial charge in [-0.1, -0.05) is 18.2 Å². The SMILES string of the molecule is Cc1ccc(-c2nn(-c3ccccc3)cc2C(=O)N2CCC(C(=O)O)C2)o1. The first-order valence-corrected chi connectivity index (χ1v) is 8.77. The van der Waals surface area contributed by atoms with Gasteiger partial charge in [-0.25, -0.2) is 4.68 Å². The van der Waals surface area contributed by atoms with E-state index in [1.807, 2.05) is 43.3 Å². The van der Waals surface area contributed by atoms with Crippen LogP contribution in [0.4, 0.5) is 0 Å². The van der Waals surface area contributed by atoms with Crippen LogP contribution in [0.3, 0.4) is 0 Å². The predicted molar refractivity (Wildman–Crippen MR) is 97.6 cm³/mol. The van der Waals surface area contributed by atoms with Crippen LogP contribution in [-0.4, -0.2) is 44.8 Å². The molecule has 1 saturated heterocycles. The molecule has 1 atom stereocenters. The fourth-order valence-corrected chi connectivity index (χ4v) is 3.30. The number of aliphatic carboxylic acids is 1. The highest BCUT2D eigenvalue weighted by molar-refractivity contribution is 5.99. The molecule has 7 heteroatoms. The molecule has 0 radical (unpaired) electrons. The van der Waals surface area contributed by atoms with Crippen molar-refractivity contribution < 1.29 is 19.1 Å². The molecule has 1 amide bonds. The number of hydrogen-bond donors (Lipinski definition) is 1. The highest BCUT2D eigenvalue weighted by Crippen LogP contribution is 2.28. The minimum atomic E-state index is -0.868. The Morgan fingerprint density at radius 3 is 2.59 bits per heavy atom. The highest BCUT2D eigenvalue weighted by Gasteiger charge is 2.33. The molecule has 0 aliphatic carbocycles. The van der Waals surface area contributed by atoms with Gasteiger partial charge >= 0.3 is 5.97 Å². The number of aryl methyl sites for hydroxylation is 1. The summed E-state index contributed by atoms with van der Waals surface area (Å²) >= 11 is 0. The molecule has 7 nitrogen and oxygen atoms in total. The van der Waals surface area contributed by atoms with E-state index in [1.54, 1.807) is 21.8 Å². The van der Waals surface area contributed by atoms with Crippen LogP contribution in [0.5, 0.6) is 0 Å². The molecule has 1 aromatic carbocycles. The first-order valence-electron chi connectivity index (χ1n) is 8.77. The van der Waals surface area contributed by atoms with Gasteiger partial charge in [0.25, 0.3) is 5.91 Å². The number of aromatic nitrogens is 2. The number of furan rings is 1. The van der Waals surface area contributed by atoms with Crippen LogP contribution in [0.2, 0.25) is 0 Å². The van der Waals surface area contributed by atoms with E-state index in [9.17, 15) is 14.7 Å². The lowest BCUT2D eigenvalue weighted by atomic mass is 10.1. The van der Waals surface area contributed by atoms with Crippen molar-refractivity contribution in [1.82, 2.24) is 14.7 Å². The summed E-state index contributed by atoms with van der Waals surface area (Å²) in [6.07, 6.45) is 2.14. The molecule has 0 bridgehead atoms. The zero-order valence-corrected chi connectivity index (χ0v) is 14.8. The first kappa shape index (κ1) is 17.1. The summed E-state index contributed by atoms with van der Waals surface area (Å²) in [5, 5.41) is 13.8. The van der Waals surface area contributed by atoms with Gasteiger partial charge in [0, 0.05) is 19.3 Å². The van der Waals surface area contributed by atoms with Crippen LogP contribution in [0.1, 0.15) is 22.5 Å². The Morgan fingerprint density at radius 2 is 1.96 bits per heavy atom. The third-order valence-electron chi connectivity index (χ3n) is 4.76. The Kier molecular flexibility index (Phi) is 4.27. The van der Waals surface area contributed by atoms with Crippen molar-refractivity contribution in [3.63, 3.8) is 0 Å². The van der Waals surface area contributed by atoms with Gasteiger partial charge in [-0.05, 0) is 37.6 Å². The van der Waals surface area contributed by atoms with Crippen LogP contribution in [0, 0.1) is 12.8 Å². The zero-order valence-electron chi connectivity index (χ0n) is 14.8. The topological polar surface area (TPSA) is 88.6 Å². The Bertz CT molecular complexity index is 990. The molecule has 3 aromatic rings. The lowest BCUT2D eigenvalue weighted by Gasteiger charge is -2.15. The van der Waals surface area contributed by atoms with Gasteiger partial charge in [-0.3, -0.25) is 9.59 Å². The third-order valence-corrected chi connectivity index (χ3v) is 4.76. The van der Waals surface area contributed by atoms with Gasteiger partial charge in [0.2, 0.25) is 0 Å². The summed E-state index contributed by atoms with van der Waals surface area (Å²) in [5.74, 6) is -0.381. The number of carboxylic acids is 1. The lowest BCUT2D eigenvalue weighted by molar-refractivity contribution is -0.141. The minimum absolute atomic E-state index is 0.210. The number of hydrogen-bond acceptors (Lipinski definition) is 4. The van der Waals surface area contributed by atoms with Gasteiger partial charge < -0.3 is 14.4 Å². The van der Waals surface area contributed by atoms with Crippen LogP contribution >= 0.6 is 0 Å². The Morgan fingerprint density at radius 1 is 1.19 bits per heavy atom. The monoisotopic (exact) mass is 365 g/mol. The molecule has 4 rings (SSSR count). The number of amides is 1. The maximum Gasteiger partial charge on any atom is 0.308 e.